The van der Waals surface area contributed by atoms with Gasteiger partial charge in [-0.25, -0.2) is 0 Å². The predicted octanol–water partition coefficient (Wildman–Crippen LogP) is -1.08. The average Bonchev–Trinajstić information content (AvgIpc) is 2.57. The van der Waals surface area contributed by atoms with E-state index in [2.05, 4.69) is 20.7 Å². The van der Waals surface area contributed by atoms with Crippen molar-refractivity contribution in [3.63, 3.8) is 0 Å². The first-order valence-corrected chi connectivity index (χ1v) is 8.10. The summed E-state index contributed by atoms with van der Waals surface area (Å²) < 4.78 is 5.40. The molecular formula is C14H25N5O6. The molecule has 5 atom stereocenters. The molecule has 0 aromatic carbocycles. The lowest BCUT2D eigenvalue weighted by atomic mass is 9.95. The van der Waals surface area contributed by atoms with Crippen LogP contribution in [0, 0.1) is 0 Å². The van der Waals surface area contributed by atoms with Gasteiger partial charge in [0.05, 0.1) is 6.61 Å². The topological polar surface area (TPSA) is 177 Å². The minimum Gasteiger partial charge on any atom is -0.394 e. The van der Waals surface area contributed by atoms with Gasteiger partial charge in [-0.15, -0.1) is 0 Å². The van der Waals surface area contributed by atoms with Crippen LogP contribution < -0.4 is 10.6 Å². The number of aliphatic hydroxyl groups is 3. The molecular weight excluding hydrogens is 334 g/mol. The third-order valence-electron chi connectivity index (χ3n) is 3.82. The number of aliphatic hydroxyl groups excluding tert-OH is 3. The van der Waals surface area contributed by atoms with E-state index in [9.17, 15) is 24.9 Å². The van der Waals surface area contributed by atoms with Crippen LogP contribution in [0.4, 0.5) is 0 Å². The molecule has 1 aliphatic heterocycles. The molecule has 1 rings (SSSR count). The van der Waals surface area contributed by atoms with E-state index in [0.29, 0.717) is 25.8 Å². The van der Waals surface area contributed by atoms with Gasteiger partial charge in [0.15, 0.2) is 6.23 Å². The minimum atomic E-state index is -1.40. The Bertz CT molecular complexity index is 498. The van der Waals surface area contributed by atoms with Gasteiger partial charge in [-0.1, -0.05) is 11.5 Å². The van der Waals surface area contributed by atoms with Gasteiger partial charge in [0.1, 0.15) is 24.4 Å². The monoisotopic (exact) mass is 359 g/mol. The van der Waals surface area contributed by atoms with E-state index in [0.717, 1.165) is 0 Å². The average molecular weight is 359 g/mol. The van der Waals surface area contributed by atoms with E-state index in [1.807, 2.05) is 0 Å². The third-order valence-corrected chi connectivity index (χ3v) is 3.82. The van der Waals surface area contributed by atoms with Gasteiger partial charge < -0.3 is 30.7 Å². The SMILES string of the molecule is CC(=O)N[C@@H]1[C@@H](O)[C@H](O)[C@@H](CO)O[C@H]1NC(=O)CCCCCN=[N+]=[N-]. The minimum absolute atomic E-state index is 0.186. The highest BCUT2D eigenvalue weighted by Crippen LogP contribution is 2.20. The standard InChI is InChI=1S/C14H25N5O6/c1-8(21)17-11-13(24)12(23)9(7-20)25-14(11)18-10(22)5-3-2-4-6-16-19-15/h9,11-14,20,23-24H,2-7H2,1H3,(H,17,21)(H,18,22)/t9-,11-,12-,13-,14-/m1/s1. The summed E-state index contributed by atoms with van der Waals surface area (Å²) >= 11 is 0. The second kappa shape index (κ2) is 10.9. The van der Waals surface area contributed by atoms with E-state index in [4.69, 9.17) is 10.3 Å². The molecule has 0 aromatic rings. The molecule has 0 unspecified atom stereocenters. The molecule has 0 aliphatic carbocycles. The smallest absolute Gasteiger partial charge is 0.222 e. The fourth-order valence-electron chi connectivity index (χ4n) is 2.56. The number of ether oxygens (including phenoxy) is 1. The van der Waals surface area contributed by atoms with Crippen LogP contribution in [0.5, 0.6) is 0 Å². The summed E-state index contributed by atoms with van der Waals surface area (Å²) in [5.74, 6) is -0.816. The fourth-order valence-corrected chi connectivity index (χ4v) is 2.56. The van der Waals surface area contributed by atoms with Gasteiger partial charge in [0, 0.05) is 24.8 Å². The molecule has 1 aliphatic rings. The first-order chi connectivity index (χ1) is 11.9. The molecule has 1 heterocycles. The molecule has 25 heavy (non-hydrogen) atoms. The molecule has 0 radical (unpaired) electrons. The Balaban J connectivity index is 2.56. The van der Waals surface area contributed by atoms with Crippen LogP contribution in [0.2, 0.25) is 0 Å². The van der Waals surface area contributed by atoms with Gasteiger partial charge >= 0.3 is 0 Å². The van der Waals surface area contributed by atoms with E-state index < -0.39 is 43.1 Å². The van der Waals surface area contributed by atoms with Crippen molar-refractivity contribution < 1.29 is 29.6 Å². The van der Waals surface area contributed by atoms with Crippen molar-refractivity contribution in [3.05, 3.63) is 10.4 Å². The first kappa shape index (κ1) is 21.1. The summed E-state index contributed by atoms with van der Waals surface area (Å²) in [4.78, 5) is 25.9. The Morgan fingerprint density at radius 2 is 1.92 bits per heavy atom. The summed E-state index contributed by atoms with van der Waals surface area (Å²) in [5, 5.41) is 37.6. The molecule has 1 fully saturated rings. The van der Waals surface area contributed by atoms with Gasteiger partial charge in [-0.2, -0.15) is 0 Å². The van der Waals surface area contributed by atoms with Gasteiger partial charge in [0.2, 0.25) is 11.8 Å². The number of unbranched alkanes of at least 4 members (excludes halogenated alkanes) is 2. The number of hydrogen-bond donors (Lipinski definition) is 5. The second-order valence-electron chi connectivity index (χ2n) is 5.82. The van der Waals surface area contributed by atoms with Crippen molar-refractivity contribution in [2.45, 2.75) is 63.2 Å². The van der Waals surface area contributed by atoms with Gasteiger partial charge in [-0.05, 0) is 18.4 Å². The molecule has 142 valence electrons. The highest BCUT2D eigenvalue weighted by molar-refractivity contribution is 5.76. The van der Waals surface area contributed by atoms with Crippen LogP contribution in [0.25, 0.3) is 10.4 Å². The molecule has 0 saturated carbocycles. The Morgan fingerprint density at radius 3 is 2.52 bits per heavy atom. The van der Waals surface area contributed by atoms with Crippen molar-refractivity contribution in [1.82, 2.24) is 10.6 Å². The number of rotatable bonds is 9. The fraction of sp³-hybridized carbons (Fsp3) is 0.857. The van der Waals surface area contributed by atoms with Crippen LogP contribution in [-0.2, 0) is 14.3 Å². The molecule has 11 heteroatoms. The van der Waals surface area contributed by atoms with Crippen molar-refractivity contribution in [1.29, 1.82) is 0 Å². The largest absolute Gasteiger partial charge is 0.394 e. The lowest BCUT2D eigenvalue weighted by Crippen LogP contribution is -2.68. The zero-order chi connectivity index (χ0) is 18.8. The van der Waals surface area contributed by atoms with Crippen molar-refractivity contribution in [2.24, 2.45) is 5.11 Å². The maximum Gasteiger partial charge on any atom is 0.222 e. The molecule has 0 aromatic heterocycles. The van der Waals surface area contributed by atoms with Gasteiger partial charge in [0.25, 0.3) is 0 Å². The molecule has 1 saturated heterocycles. The summed E-state index contributed by atoms with van der Waals surface area (Å²) in [6.07, 6.45) is -2.81. The third kappa shape index (κ3) is 6.85. The summed E-state index contributed by atoms with van der Waals surface area (Å²) in [5.41, 5.74) is 8.16. The van der Waals surface area contributed by atoms with E-state index in [-0.39, 0.29) is 12.3 Å². The van der Waals surface area contributed by atoms with Crippen molar-refractivity contribution in [3.8, 4) is 0 Å². The van der Waals surface area contributed by atoms with Crippen LogP contribution in [-0.4, -0.2) is 70.9 Å². The predicted molar refractivity (Wildman–Crippen MR) is 86.0 cm³/mol. The molecule has 0 spiro atoms. The summed E-state index contributed by atoms with van der Waals surface area (Å²) in [6, 6.07) is -1.04. The highest BCUT2D eigenvalue weighted by atomic mass is 16.5. The van der Waals surface area contributed by atoms with E-state index >= 15 is 0 Å². The normalized spacial score (nSPS) is 28.7. The number of carbonyl (C=O) groups is 2. The number of nitrogens with one attached hydrogen (secondary N) is 2. The van der Waals surface area contributed by atoms with Crippen LogP contribution >= 0.6 is 0 Å². The van der Waals surface area contributed by atoms with E-state index in [1.165, 1.54) is 6.92 Å². The Hall–Kier alpha value is -1.91. The van der Waals surface area contributed by atoms with Crippen molar-refractivity contribution >= 4 is 11.8 Å². The lowest BCUT2D eigenvalue weighted by molar-refractivity contribution is -0.203. The number of azide groups is 1. The molecule has 0 bridgehead atoms. The van der Waals surface area contributed by atoms with Crippen LogP contribution in [0.1, 0.15) is 32.6 Å². The zero-order valence-corrected chi connectivity index (χ0v) is 14.0. The number of amides is 2. The number of nitrogens with zero attached hydrogens (tertiary/aromatic N) is 3. The summed E-state index contributed by atoms with van der Waals surface area (Å²) in [7, 11) is 0. The van der Waals surface area contributed by atoms with Crippen LogP contribution in [0.15, 0.2) is 5.11 Å². The highest BCUT2D eigenvalue weighted by Gasteiger charge is 2.45. The molecule has 2 amide bonds. The molecule has 11 nitrogen and oxygen atoms in total. The molecule has 5 N–H and O–H groups in total. The lowest BCUT2D eigenvalue weighted by Gasteiger charge is -2.42. The number of carbonyl (C=O) groups excluding carboxylic acids is 2. The van der Waals surface area contributed by atoms with Crippen LogP contribution in [0.3, 0.4) is 0 Å². The van der Waals surface area contributed by atoms with E-state index in [1.54, 1.807) is 0 Å². The Labute approximate surface area is 145 Å². The van der Waals surface area contributed by atoms with Crippen molar-refractivity contribution in [2.75, 3.05) is 13.2 Å². The quantitative estimate of drug-likeness (QED) is 0.151. The first-order valence-electron chi connectivity index (χ1n) is 8.10. The number of hydrogen-bond acceptors (Lipinski definition) is 7. The summed E-state index contributed by atoms with van der Waals surface area (Å²) in [6.45, 7) is 1.06. The van der Waals surface area contributed by atoms with Gasteiger partial charge in [-0.3, -0.25) is 9.59 Å². The Kier molecular flexibility index (Phi) is 9.17. The maximum absolute atomic E-state index is 12.0. The maximum atomic E-state index is 12.0. The Morgan fingerprint density at radius 1 is 1.20 bits per heavy atom. The second-order valence-corrected chi connectivity index (χ2v) is 5.82. The zero-order valence-electron chi connectivity index (χ0n) is 14.0.